The Hall–Kier alpha value is 0.200. The minimum atomic E-state index is -3.39. The van der Waals surface area contributed by atoms with Crippen LogP contribution < -0.4 is 0 Å². The lowest BCUT2D eigenvalue weighted by molar-refractivity contribution is 0.0288. The molecule has 1 saturated carbocycles. The van der Waals surface area contributed by atoms with Crippen LogP contribution in [0.3, 0.4) is 0 Å². The van der Waals surface area contributed by atoms with Gasteiger partial charge in [0.15, 0.2) is 0 Å². The molecule has 0 atom stereocenters. The third-order valence-electron chi connectivity index (χ3n) is 2.64. The normalized spacial score (nSPS) is 29.0. The number of halogens is 1. The van der Waals surface area contributed by atoms with E-state index < -0.39 is 9.05 Å². The van der Waals surface area contributed by atoms with E-state index in [2.05, 4.69) is 6.92 Å². The fourth-order valence-electron chi connectivity index (χ4n) is 1.71. The standard InChI is InChI=1S/C9H17ClO3S/c1-8-2-4-9(5-3-8)13-6-7-14(10,11)12/h8-9H,2-7H2,1H3. The van der Waals surface area contributed by atoms with Gasteiger partial charge in [-0.2, -0.15) is 0 Å². The molecule has 0 saturated heterocycles. The van der Waals surface area contributed by atoms with Crippen LogP contribution in [0.15, 0.2) is 0 Å². The maximum atomic E-state index is 10.6. The molecule has 1 aliphatic carbocycles. The second-order valence-electron chi connectivity index (χ2n) is 4.00. The van der Waals surface area contributed by atoms with Gasteiger partial charge in [0.05, 0.1) is 18.5 Å². The molecule has 0 spiro atoms. The molecule has 1 fully saturated rings. The van der Waals surface area contributed by atoms with Gasteiger partial charge >= 0.3 is 0 Å². The van der Waals surface area contributed by atoms with Gasteiger partial charge < -0.3 is 4.74 Å². The van der Waals surface area contributed by atoms with E-state index in [0.717, 1.165) is 18.8 Å². The minimum absolute atomic E-state index is 0.0827. The second-order valence-corrected chi connectivity index (χ2v) is 6.89. The SMILES string of the molecule is CC1CCC(OCCS(=O)(=O)Cl)CC1. The highest BCUT2D eigenvalue weighted by Crippen LogP contribution is 2.25. The lowest BCUT2D eigenvalue weighted by Crippen LogP contribution is -2.22. The fourth-order valence-corrected chi connectivity index (χ4v) is 2.19. The molecule has 5 heteroatoms. The molecule has 14 heavy (non-hydrogen) atoms. The smallest absolute Gasteiger partial charge is 0.234 e. The van der Waals surface area contributed by atoms with Crippen molar-refractivity contribution in [3.63, 3.8) is 0 Å². The molecule has 0 aliphatic heterocycles. The van der Waals surface area contributed by atoms with Crippen LogP contribution in [0.4, 0.5) is 0 Å². The van der Waals surface area contributed by atoms with Crippen molar-refractivity contribution in [2.24, 2.45) is 5.92 Å². The van der Waals surface area contributed by atoms with Crippen molar-refractivity contribution in [2.45, 2.75) is 38.7 Å². The van der Waals surface area contributed by atoms with Crippen molar-refractivity contribution in [3.8, 4) is 0 Å². The highest BCUT2D eigenvalue weighted by molar-refractivity contribution is 8.13. The highest BCUT2D eigenvalue weighted by Gasteiger charge is 2.18. The minimum Gasteiger partial charge on any atom is -0.377 e. The summed E-state index contributed by atoms with van der Waals surface area (Å²) < 4.78 is 26.7. The van der Waals surface area contributed by atoms with Crippen LogP contribution in [0.25, 0.3) is 0 Å². The molecule has 1 rings (SSSR count). The van der Waals surface area contributed by atoms with E-state index in [4.69, 9.17) is 15.4 Å². The molecule has 1 aliphatic rings. The number of hydrogen-bond acceptors (Lipinski definition) is 3. The van der Waals surface area contributed by atoms with Gasteiger partial charge in [0.2, 0.25) is 9.05 Å². The van der Waals surface area contributed by atoms with E-state index in [1.165, 1.54) is 12.8 Å². The Bertz CT molecular complexity index is 255. The van der Waals surface area contributed by atoms with Crippen molar-refractivity contribution in [1.82, 2.24) is 0 Å². The Morgan fingerprint density at radius 2 is 1.86 bits per heavy atom. The van der Waals surface area contributed by atoms with Gasteiger partial charge in [0.25, 0.3) is 0 Å². The summed E-state index contributed by atoms with van der Waals surface area (Å²) in [6.07, 6.45) is 4.69. The molecule has 0 unspecified atom stereocenters. The number of hydrogen-bond donors (Lipinski definition) is 0. The molecule has 0 heterocycles. The Labute approximate surface area is 90.2 Å². The van der Waals surface area contributed by atoms with Crippen molar-refractivity contribution < 1.29 is 13.2 Å². The van der Waals surface area contributed by atoms with Crippen LogP contribution >= 0.6 is 10.7 Å². The predicted molar refractivity (Wildman–Crippen MR) is 57.0 cm³/mol. The van der Waals surface area contributed by atoms with Crippen molar-refractivity contribution in [1.29, 1.82) is 0 Å². The average molecular weight is 241 g/mol. The van der Waals surface area contributed by atoms with Crippen LogP contribution in [0.5, 0.6) is 0 Å². The summed E-state index contributed by atoms with van der Waals surface area (Å²) in [4.78, 5) is 0. The van der Waals surface area contributed by atoms with Crippen LogP contribution in [-0.2, 0) is 13.8 Å². The third kappa shape index (κ3) is 5.17. The molecule has 0 aromatic heterocycles. The van der Waals surface area contributed by atoms with Gasteiger partial charge in [0, 0.05) is 10.7 Å². The Morgan fingerprint density at radius 1 is 1.29 bits per heavy atom. The zero-order valence-corrected chi connectivity index (χ0v) is 9.98. The fraction of sp³-hybridized carbons (Fsp3) is 1.00. The molecule has 0 aromatic carbocycles. The number of ether oxygens (including phenoxy) is 1. The summed E-state index contributed by atoms with van der Waals surface area (Å²) in [6.45, 7) is 2.46. The van der Waals surface area contributed by atoms with E-state index in [9.17, 15) is 8.42 Å². The summed E-state index contributed by atoms with van der Waals surface area (Å²) in [5, 5.41) is 0. The number of rotatable bonds is 4. The molecule has 0 aromatic rings. The summed E-state index contributed by atoms with van der Waals surface area (Å²) in [7, 11) is 1.68. The Kier molecular flexibility index (Phi) is 4.67. The van der Waals surface area contributed by atoms with Crippen molar-refractivity contribution in [2.75, 3.05) is 12.4 Å². The van der Waals surface area contributed by atoms with Gasteiger partial charge in [-0.15, -0.1) is 0 Å². The zero-order valence-electron chi connectivity index (χ0n) is 8.41. The van der Waals surface area contributed by atoms with Crippen molar-refractivity contribution in [3.05, 3.63) is 0 Å². The summed E-state index contributed by atoms with van der Waals surface area (Å²) >= 11 is 0. The lowest BCUT2D eigenvalue weighted by Gasteiger charge is -2.25. The first kappa shape index (κ1) is 12.3. The highest BCUT2D eigenvalue weighted by atomic mass is 35.7. The largest absolute Gasteiger partial charge is 0.377 e. The first-order valence-electron chi connectivity index (χ1n) is 5.01. The second kappa shape index (κ2) is 5.33. The van der Waals surface area contributed by atoms with Gasteiger partial charge in [-0.1, -0.05) is 6.92 Å². The Morgan fingerprint density at radius 3 is 2.36 bits per heavy atom. The van der Waals surface area contributed by atoms with E-state index in [1.54, 1.807) is 0 Å². The molecular weight excluding hydrogens is 224 g/mol. The zero-order chi connectivity index (χ0) is 10.6. The van der Waals surface area contributed by atoms with Crippen LogP contribution in [0.1, 0.15) is 32.6 Å². The molecule has 3 nitrogen and oxygen atoms in total. The van der Waals surface area contributed by atoms with Gasteiger partial charge in [-0.25, -0.2) is 8.42 Å². The molecule has 84 valence electrons. The van der Waals surface area contributed by atoms with Crippen LogP contribution in [0, 0.1) is 5.92 Å². The van der Waals surface area contributed by atoms with E-state index in [0.29, 0.717) is 0 Å². The van der Waals surface area contributed by atoms with E-state index in [-0.39, 0.29) is 18.5 Å². The monoisotopic (exact) mass is 240 g/mol. The summed E-state index contributed by atoms with van der Waals surface area (Å²) in [6, 6.07) is 0. The molecule has 0 amide bonds. The van der Waals surface area contributed by atoms with E-state index >= 15 is 0 Å². The first-order chi connectivity index (χ1) is 6.47. The topological polar surface area (TPSA) is 43.4 Å². The lowest BCUT2D eigenvalue weighted by atomic mass is 9.89. The average Bonchev–Trinajstić information content (AvgIpc) is 2.06. The van der Waals surface area contributed by atoms with Gasteiger partial charge in [0.1, 0.15) is 0 Å². The van der Waals surface area contributed by atoms with Crippen LogP contribution in [-0.4, -0.2) is 26.9 Å². The van der Waals surface area contributed by atoms with E-state index in [1.807, 2.05) is 0 Å². The molecule has 0 N–H and O–H groups in total. The predicted octanol–water partition coefficient (Wildman–Crippen LogP) is 2.15. The molecule has 0 radical (unpaired) electrons. The van der Waals surface area contributed by atoms with Crippen molar-refractivity contribution >= 4 is 19.7 Å². The quantitative estimate of drug-likeness (QED) is 0.708. The maximum absolute atomic E-state index is 10.6. The maximum Gasteiger partial charge on any atom is 0.234 e. The molecular formula is C9H17ClO3S. The first-order valence-corrected chi connectivity index (χ1v) is 7.49. The summed E-state index contributed by atoms with van der Waals surface area (Å²) in [5.74, 6) is 0.701. The van der Waals surface area contributed by atoms with Gasteiger partial charge in [-0.3, -0.25) is 0 Å². The Balaban J connectivity index is 2.14. The summed E-state index contributed by atoms with van der Waals surface area (Å²) in [5.41, 5.74) is 0. The molecule has 0 bridgehead atoms. The van der Waals surface area contributed by atoms with Gasteiger partial charge in [-0.05, 0) is 31.6 Å². The van der Waals surface area contributed by atoms with Crippen LogP contribution in [0.2, 0.25) is 0 Å². The third-order valence-corrected chi connectivity index (χ3v) is 3.76.